The van der Waals surface area contributed by atoms with Crippen molar-refractivity contribution in [1.29, 1.82) is 0 Å². The number of esters is 1. The van der Waals surface area contributed by atoms with Gasteiger partial charge in [0.05, 0.1) is 13.2 Å². The zero-order valence-electron chi connectivity index (χ0n) is 13.9. The number of rotatable bonds is 6. The molecule has 0 bridgehead atoms. The van der Waals surface area contributed by atoms with Crippen molar-refractivity contribution in [2.75, 3.05) is 34.4 Å². The van der Waals surface area contributed by atoms with Gasteiger partial charge >= 0.3 is 5.97 Å². The molecule has 1 saturated carbocycles. The minimum Gasteiger partial charge on any atom is -0.468 e. The topological polar surface area (TPSA) is 50.8 Å². The number of likely N-dealkylation sites (N-methyl/N-ethyl adjacent to an activating group) is 2. The summed E-state index contributed by atoms with van der Waals surface area (Å²) in [6.45, 7) is 4.02. The number of nitrogens with one attached hydrogen (secondary N) is 1. The molecular weight excluding hydrogens is 268 g/mol. The van der Waals surface area contributed by atoms with Gasteiger partial charge in [-0.25, -0.2) is 0 Å². The molecule has 2 fully saturated rings. The van der Waals surface area contributed by atoms with Crippen LogP contribution in [0, 0.1) is 5.92 Å². The van der Waals surface area contributed by atoms with Gasteiger partial charge in [0.15, 0.2) is 0 Å². The molecule has 1 heterocycles. The van der Waals surface area contributed by atoms with E-state index in [1.54, 1.807) is 0 Å². The Bertz CT molecular complexity index is 363. The third-order valence-corrected chi connectivity index (χ3v) is 5.55. The SMILES string of the molecule is CNC1(C(=O)OC)CCCC1CCN(C)C1CCOC1C. The van der Waals surface area contributed by atoms with E-state index in [-0.39, 0.29) is 5.97 Å². The molecule has 1 N–H and O–H groups in total. The Kier molecular flexibility index (Phi) is 5.63. The van der Waals surface area contributed by atoms with Crippen LogP contribution in [0.1, 0.15) is 39.0 Å². The first-order chi connectivity index (χ1) is 10.0. The first kappa shape index (κ1) is 16.7. The third kappa shape index (κ3) is 3.25. The number of nitrogens with zero attached hydrogens (tertiary/aromatic N) is 1. The molecule has 0 amide bonds. The van der Waals surface area contributed by atoms with Crippen molar-refractivity contribution in [2.24, 2.45) is 5.92 Å². The second-order valence-electron chi connectivity index (χ2n) is 6.50. The van der Waals surface area contributed by atoms with Gasteiger partial charge in [0.25, 0.3) is 0 Å². The van der Waals surface area contributed by atoms with Crippen LogP contribution in [-0.4, -0.2) is 62.9 Å². The Morgan fingerprint density at radius 2 is 2.24 bits per heavy atom. The lowest BCUT2D eigenvalue weighted by molar-refractivity contribution is -0.150. The van der Waals surface area contributed by atoms with Gasteiger partial charge < -0.3 is 19.7 Å². The molecular formula is C16H30N2O3. The molecule has 0 spiro atoms. The van der Waals surface area contributed by atoms with E-state index in [0.717, 1.165) is 45.3 Å². The molecule has 1 aliphatic carbocycles. The van der Waals surface area contributed by atoms with Gasteiger partial charge in [-0.05, 0) is 59.2 Å². The smallest absolute Gasteiger partial charge is 0.326 e. The van der Waals surface area contributed by atoms with Gasteiger partial charge in [0.2, 0.25) is 0 Å². The maximum atomic E-state index is 12.2. The van der Waals surface area contributed by atoms with Crippen molar-refractivity contribution < 1.29 is 14.3 Å². The fraction of sp³-hybridized carbons (Fsp3) is 0.938. The number of hydrogen-bond acceptors (Lipinski definition) is 5. The van der Waals surface area contributed by atoms with Gasteiger partial charge in [-0.2, -0.15) is 0 Å². The Balaban J connectivity index is 1.93. The largest absolute Gasteiger partial charge is 0.468 e. The predicted octanol–water partition coefficient (Wildman–Crippen LogP) is 1.42. The van der Waals surface area contributed by atoms with Crippen LogP contribution in [0.3, 0.4) is 0 Å². The van der Waals surface area contributed by atoms with Crippen molar-refractivity contribution in [3.8, 4) is 0 Å². The van der Waals surface area contributed by atoms with Crippen LogP contribution < -0.4 is 5.32 Å². The second-order valence-corrected chi connectivity index (χ2v) is 6.50. The average Bonchev–Trinajstić information content (AvgIpc) is 3.10. The normalized spacial score (nSPS) is 36.3. The van der Waals surface area contributed by atoms with Crippen molar-refractivity contribution in [3.63, 3.8) is 0 Å². The highest BCUT2D eigenvalue weighted by Gasteiger charge is 2.48. The predicted molar refractivity (Wildman–Crippen MR) is 82.2 cm³/mol. The van der Waals surface area contributed by atoms with Crippen molar-refractivity contribution >= 4 is 5.97 Å². The lowest BCUT2D eigenvalue weighted by Crippen LogP contribution is -2.54. The highest BCUT2D eigenvalue weighted by atomic mass is 16.5. The Morgan fingerprint density at radius 1 is 1.48 bits per heavy atom. The first-order valence-corrected chi connectivity index (χ1v) is 8.14. The summed E-state index contributed by atoms with van der Waals surface area (Å²) in [5.41, 5.74) is -0.479. The maximum absolute atomic E-state index is 12.2. The van der Waals surface area contributed by atoms with E-state index in [1.807, 2.05) is 7.05 Å². The van der Waals surface area contributed by atoms with Gasteiger partial charge in [-0.1, -0.05) is 6.42 Å². The first-order valence-electron chi connectivity index (χ1n) is 8.14. The molecule has 5 nitrogen and oxygen atoms in total. The van der Waals surface area contributed by atoms with E-state index in [4.69, 9.17) is 9.47 Å². The molecule has 4 unspecified atom stereocenters. The van der Waals surface area contributed by atoms with Crippen LogP contribution in [-0.2, 0) is 14.3 Å². The summed E-state index contributed by atoms with van der Waals surface area (Å²) in [7, 11) is 5.54. The van der Waals surface area contributed by atoms with E-state index in [2.05, 4.69) is 24.2 Å². The number of carbonyl (C=O) groups excluding carboxylic acids is 1. The van der Waals surface area contributed by atoms with Crippen LogP contribution in [0.5, 0.6) is 0 Å². The zero-order chi connectivity index (χ0) is 15.5. The van der Waals surface area contributed by atoms with E-state index in [9.17, 15) is 4.79 Å². The standard InChI is InChI=1S/C16H30N2O3/c1-12-14(8-11-21-12)18(3)10-7-13-6-5-9-16(13,17-2)15(19)20-4/h12-14,17H,5-11H2,1-4H3. The summed E-state index contributed by atoms with van der Waals surface area (Å²) in [6, 6.07) is 0.508. The molecule has 0 radical (unpaired) electrons. The van der Waals surface area contributed by atoms with E-state index < -0.39 is 5.54 Å². The Hall–Kier alpha value is -0.650. The molecule has 5 heteroatoms. The molecule has 1 saturated heterocycles. The van der Waals surface area contributed by atoms with Gasteiger partial charge in [-0.3, -0.25) is 4.79 Å². The Labute approximate surface area is 128 Å². The fourth-order valence-electron chi connectivity index (χ4n) is 4.18. The van der Waals surface area contributed by atoms with E-state index in [1.165, 1.54) is 7.11 Å². The minimum absolute atomic E-state index is 0.104. The summed E-state index contributed by atoms with van der Waals surface area (Å²) in [5, 5.41) is 3.26. The fourth-order valence-corrected chi connectivity index (χ4v) is 4.18. The van der Waals surface area contributed by atoms with Crippen LogP contribution in [0.25, 0.3) is 0 Å². The molecule has 0 aromatic rings. The number of carbonyl (C=O) groups is 1. The number of hydrogen-bond donors (Lipinski definition) is 1. The third-order valence-electron chi connectivity index (χ3n) is 5.55. The van der Waals surface area contributed by atoms with E-state index in [0.29, 0.717) is 18.1 Å². The molecule has 2 aliphatic rings. The van der Waals surface area contributed by atoms with Crippen LogP contribution in [0.2, 0.25) is 0 Å². The van der Waals surface area contributed by atoms with Gasteiger partial charge in [0.1, 0.15) is 5.54 Å². The molecule has 0 aromatic heterocycles. The quantitative estimate of drug-likeness (QED) is 0.752. The van der Waals surface area contributed by atoms with Crippen molar-refractivity contribution in [2.45, 2.75) is 56.7 Å². The van der Waals surface area contributed by atoms with Crippen LogP contribution in [0.15, 0.2) is 0 Å². The monoisotopic (exact) mass is 298 g/mol. The summed E-state index contributed by atoms with van der Waals surface area (Å²) in [5.74, 6) is 0.253. The lowest BCUT2D eigenvalue weighted by atomic mass is 9.84. The summed E-state index contributed by atoms with van der Waals surface area (Å²) >= 11 is 0. The molecule has 4 atom stereocenters. The highest BCUT2D eigenvalue weighted by molar-refractivity contribution is 5.81. The van der Waals surface area contributed by atoms with Crippen LogP contribution >= 0.6 is 0 Å². The summed E-state index contributed by atoms with van der Waals surface area (Å²) in [4.78, 5) is 14.6. The Morgan fingerprint density at radius 3 is 2.81 bits per heavy atom. The van der Waals surface area contributed by atoms with Gasteiger partial charge in [0, 0.05) is 12.6 Å². The number of ether oxygens (including phenoxy) is 2. The van der Waals surface area contributed by atoms with Crippen LogP contribution in [0.4, 0.5) is 0 Å². The van der Waals surface area contributed by atoms with Crippen molar-refractivity contribution in [3.05, 3.63) is 0 Å². The molecule has 2 rings (SSSR count). The molecule has 1 aliphatic heterocycles. The minimum atomic E-state index is -0.479. The maximum Gasteiger partial charge on any atom is 0.326 e. The lowest BCUT2D eigenvalue weighted by Gasteiger charge is -2.34. The highest BCUT2D eigenvalue weighted by Crippen LogP contribution is 2.39. The summed E-state index contributed by atoms with van der Waals surface area (Å²) in [6.07, 6.45) is 5.51. The average molecular weight is 298 g/mol. The molecule has 122 valence electrons. The van der Waals surface area contributed by atoms with E-state index >= 15 is 0 Å². The van der Waals surface area contributed by atoms with Gasteiger partial charge in [-0.15, -0.1) is 0 Å². The second kappa shape index (κ2) is 7.07. The molecule has 0 aromatic carbocycles. The van der Waals surface area contributed by atoms with Crippen molar-refractivity contribution in [1.82, 2.24) is 10.2 Å². The number of methoxy groups -OCH3 is 1. The zero-order valence-corrected chi connectivity index (χ0v) is 13.9. The molecule has 21 heavy (non-hydrogen) atoms. The summed E-state index contributed by atoms with van der Waals surface area (Å²) < 4.78 is 10.7.